The molecule has 8 nitrogen and oxygen atoms in total. The van der Waals surface area contributed by atoms with E-state index in [1.165, 1.54) is 24.5 Å². The van der Waals surface area contributed by atoms with E-state index in [-0.39, 0.29) is 28.8 Å². The van der Waals surface area contributed by atoms with Crippen molar-refractivity contribution in [3.63, 3.8) is 0 Å². The summed E-state index contributed by atoms with van der Waals surface area (Å²) in [7, 11) is 0. The Kier molecular flexibility index (Phi) is 8.29. The molecular formula is C26H22ClF3N6O2. The van der Waals surface area contributed by atoms with Crippen molar-refractivity contribution in [2.24, 2.45) is 0 Å². The summed E-state index contributed by atoms with van der Waals surface area (Å²) in [4.78, 5) is 20.1. The molecule has 2 amide bonds. The van der Waals surface area contributed by atoms with E-state index < -0.39 is 17.8 Å². The highest BCUT2D eigenvalue weighted by Crippen LogP contribution is 2.34. The van der Waals surface area contributed by atoms with Gasteiger partial charge in [-0.15, -0.1) is 0 Å². The fourth-order valence-electron chi connectivity index (χ4n) is 3.44. The van der Waals surface area contributed by atoms with Crippen LogP contribution in [0.1, 0.15) is 16.7 Å². The molecule has 4 aromatic rings. The van der Waals surface area contributed by atoms with Crippen molar-refractivity contribution >= 4 is 34.7 Å². The van der Waals surface area contributed by atoms with Gasteiger partial charge in [-0.2, -0.15) is 13.2 Å². The molecule has 0 radical (unpaired) electrons. The Morgan fingerprint density at radius 2 is 1.58 bits per heavy atom. The van der Waals surface area contributed by atoms with Gasteiger partial charge in [0.1, 0.15) is 17.2 Å². The molecule has 0 aliphatic rings. The van der Waals surface area contributed by atoms with E-state index in [1.807, 2.05) is 0 Å². The van der Waals surface area contributed by atoms with Crippen LogP contribution in [0.3, 0.4) is 0 Å². The number of rotatable bonds is 8. The molecule has 0 saturated heterocycles. The summed E-state index contributed by atoms with van der Waals surface area (Å²) in [5.74, 6) is 0.675. The minimum atomic E-state index is -4.60. The van der Waals surface area contributed by atoms with Crippen LogP contribution in [0.2, 0.25) is 5.15 Å². The number of urea groups is 1. The number of nitrogen functional groups attached to an aromatic ring is 1. The first-order valence-electron chi connectivity index (χ1n) is 11.2. The molecule has 0 aliphatic carbocycles. The third-order valence-electron chi connectivity index (χ3n) is 5.24. The molecule has 1 aromatic heterocycles. The van der Waals surface area contributed by atoms with E-state index in [4.69, 9.17) is 22.1 Å². The molecule has 0 unspecified atom stereocenters. The topological polar surface area (TPSA) is 114 Å². The van der Waals surface area contributed by atoms with Gasteiger partial charge in [-0.3, -0.25) is 0 Å². The van der Waals surface area contributed by atoms with Crippen LogP contribution in [0.25, 0.3) is 0 Å². The van der Waals surface area contributed by atoms with Crippen LogP contribution in [0.15, 0.2) is 79.1 Å². The van der Waals surface area contributed by atoms with Gasteiger partial charge in [0, 0.05) is 36.2 Å². The van der Waals surface area contributed by atoms with E-state index >= 15 is 0 Å². The second-order valence-electron chi connectivity index (χ2n) is 8.10. The standard InChI is InChI=1S/C26H22ClF3N6O2/c27-23-12-24(34-15-33-23)38-21-9-7-19(8-10-21)35-25(37)36-20-6-3-17(22(11-20)26(28,29)30)14-32-13-16-1-4-18(31)5-2-16/h1-12,15,32H,13-14,31H2,(H2,35,36,37). The number of ether oxygens (including phenoxy) is 1. The van der Waals surface area contributed by atoms with Crippen LogP contribution in [-0.2, 0) is 19.3 Å². The highest BCUT2D eigenvalue weighted by molar-refractivity contribution is 6.29. The van der Waals surface area contributed by atoms with Crippen molar-refractivity contribution in [1.29, 1.82) is 0 Å². The molecule has 12 heteroatoms. The van der Waals surface area contributed by atoms with Crippen molar-refractivity contribution in [3.8, 4) is 11.6 Å². The summed E-state index contributed by atoms with van der Waals surface area (Å²) < 4.78 is 46.7. The van der Waals surface area contributed by atoms with Gasteiger partial charge < -0.3 is 26.4 Å². The maximum atomic E-state index is 13.7. The average Bonchev–Trinajstić information content (AvgIpc) is 2.86. The Hall–Kier alpha value is -4.35. The van der Waals surface area contributed by atoms with Gasteiger partial charge in [0.05, 0.1) is 5.56 Å². The van der Waals surface area contributed by atoms with Crippen LogP contribution < -0.4 is 26.4 Å². The first-order chi connectivity index (χ1) is 18.2. The number of carbonyl (C=O) groups excluding carboxylic acids is 1. The Bertz CT molecular complexity index is 1400. The van der Waals surface area contributed by atoms with Crippen molar-refractivity contribution in [2.75, 3.05) is 16.4 Å². The van der Waals surface area contributed by atoms with Gasteiger partial charge >= 0.3 is 12.2 Å². The van der Waals surface area contributed by atoms with Gasteiger partial charge in [-0.25, -0.2) is 14.8 Å². The SMILES string of the molecule is Nc1ccc(CNCc2ccc(NC(=O)Nc3ccc(Oc4cc(Cl)ncn4)cc3)cc2C(F)(F)F)cc1. The zero-order chi connectivity index (χ0) is 27.1. The number of carbonyl (C=O) groups is 1. The number of nitrogens with one attached hydrogen (secondary N) is 3. The number of alkyl halides is 3. The molecule has 0 spiro atoms. The van der Waals surface area contributed by atoms with E-state index in [9.17, 15) is 18.0 Å². The van der Waals surface area contributed by atoms with E-state index in [1.54, 1.807) is 48.5 Å². The lowest BCUT2D eigenvalue weighted by molar-refractivity contribution is -0.138. The summed E-state index contributed by atoms with van der Waals surface area (Å²) in [6.45, 7) is 0.359. The van der Waals surface area contributed by atoms with Crippen LogP contribution >= 0.6 is 11.6 Å². The minimum Gasteiger partial charge on any atom is -0.439 e. The van der Waals surface area contributed by atoms with Crippen LogP contribution in [0, 0.1) is 0 Å². The summed E-state index contributed by atoms with van der Waals surface area (Å²) in [5.41, 5.74) is 6.76. The number of halogens is 4. The van der Waals surface area contributed by atoms with Crippen molar-refractivity contribution in [3.05, 3.63) is 101 Å². The Morgan fingerprint density at radius 1 is 0.895 bits per heavy atom. The smallest absolute Gasteiger partial charge is 0.416 e. The summed E-state index contributed by atoms with van der Waals surface area (Å²) >= 11 is 5.80. The molecular weight excluding hydrogens is 521 g/mol. The number of hydrogen-bond acceptors (Lipinski definition) is 6. The minimum absolute atomic E-state index is 0.00213. The van der Waals surface area contributed by atoms with Gasteiger partial charge in [0.25, 0.3) is 0 Å². The highest BCUT2D eigenvalue weighted by Gasteiger charge is 2.33. The lowest BCUT2D eigenvalue weighted by Gasteiger charge is -2.16. The van der Waals surface area contributed by atoms with Crippen molar-refractivity contribution < 1.29 is 22.7 Å². The second kappa shape index (κ2) is 11.8. The summed E-state index contributed by atoms with van der Waals surface area (Å²) in [6, 6.07) is 17.7. The summed E-state index contributed by atoms with van der Waals surface area (Å²) in [5, 5.41) is 8.22. The van der Waals surface area contributed by atoms with Gasteiger partial charge in [-0.1, -0.05) is 29.8 Å². The number of nitrogens with zero attached hydrogens (tertiary/aromatic N) is 2. The zero-order valence-electron chi connectivity index (χ0n) is 19.7. The Balaban J connectivity index is 1.36. The number of hydrogen-bond donors (Lipinski definition) is 4. The van der Waals surface area contributed by atoms with Gasteiger partial charge in [0.15, 0.2) is 0 Å². The van der Waals surface area contributed by atoms with Crippen LogP contribution in [-0.4, -0.2) is 16.0 Å². The van der Waals surface area contributed by atoms with Crippen LogP contribution in [0.4, 0.5) is 35.0 Å². The molecule has 0 aliphatic heterocycles. The number of benzene rings is 3. The first kappa shape index (κ1) is 26.7. The van der Waals surface area contributed by atoms with E-state index in [2.05, 4.69) is 25.9 Å². The maximum Gasteiger partial charge on any atom is 0.416 e. The fraction of sp³-hybridized carbons (Fsp3) is 0.115. The van der Waals surface area contributed by atoms with Crippen molar-refractivity contribution in [1.82, 2.24) is 15.3 Å². The molecule has 3 aromatic carbocycles. The average molecular weight is 543 g/mol. The predicted octanol–water partition coefficient (Wildman–Crippen LogP) is 6.46. The molecule has 1 heterocycles. The highest BCUT2D eigenvalue weighted by atomic mass is 35.5. The molecule has 0 atom stereocenters. The van der Waals surface area contributed by atoms with Crippen LogP contribution in [0.5, 0.6) is 11.6 Å². The molecule has 0 bridgehead atoms. The molecule has 4 rings (SSSR count). The maximum absolute atomic E-state index is 13.7. The fourth-order valence-corrected chi connectivity index (χ4v) is 3.58. The number of nitrogens with two attached hydrogens (primary N) is 1. The third-order valence-corrected chi connectivity index (χ3v) is 5.45. The summed E-state index contributed by atoms with van der Waals surface area (Å²) in [6.07, 6.45) is -3.34. The monoisotopic (exact) mass is 542 g/mol. The molecule has 0 saturated carbocycles. The van der Waals surface area contributed by atoms with Gasteiger partial charge in [0.2, 0.25) is 5.88 Å². The number of amides is 2. The first-order valence-corrected chi connectivity index (χ1v) is 11.6. The number of aromatic nitrogens is 2. The molecule has 5 N–H and O–H groups in total. The Morgan fingerprint density at radius 3 is 2.26 bits per heavy atom. The van der Waals surface area contributed by atoms with Crippen molar-refractivity contribution in [2.45, 2.75) is 19.3 Å². The second-order valence-corrected chi connectivity index (χ2v) is 8.49. The quantitative estimate of drug-likeness (QED) is 0.150. The largest absolute Gasteiger partial charge is 0.439 e. The Labute approximate surface area is 221 Å². The normalized spacial score (nSPS) is 11.2. The van der Waals surface area contributed by atoms with E-state index in [0.29, 0.717) is 23.7 Å². The molecule has 0 fully saturated rings. The zero-order valence-corrected chi connectivity index (χ0v) is 20.5. The lowest BCUT2D eigenvalue weighted by atomic mass is 10.1. The molecule has 38 heavy (non-hydrogen) atoms. The predicted molar refractivity (Wildman–Crippen MR) is 139 cm³/mol. The van der Waals surface area contributed by atoms with E-state index in [0.717, 1.165) is 11.6 Å². The third kappa shape index (κ3) is 7.58. The van der Waals surface area contributed by atoms with Gasteiger partial charge in [-0.05, 0) is 59.7 Å². The molecule has 196 valence electrons. The number of anilines is 3. The lowest BCUT2D eigenvalue weighted by Crippen LogP contribution is -2.21.